The van der Waals surface area contributed by atoms with E-state index < -0.39 is 41.5 Å². The molecule has 1 saturated carbocycles. The van der Waals surface area contributed by atoms with Crippen LogP contribution >= 0.6 is 0 Å². The molecule has 46 heavy (non-hydrogen) atoms. The van der Waals surface area contributed by atoms with Crippen LogP contribution in [-0.2, 0) is 20.9 Å². The van der Waals surface area contributed by atoms with Gasteiger partial charge >= 0.3 is 0 Å². The van der Waals surface area contributed by atoms with Crippen LogP contribution in [0.25, 0.3) is 0 Å². The van der Waals surface area contributed by atoms with E-state index in [0.717, 1.165) is 25.7 Å². The topological polar surface area (TPSA) is 129 Å². The maximum atomic E-state index is 15.7. The van der Waals surface area contributed by atoms with E-state index in [9.17, 15) is 19.2 Å². The Labute approximate surface area is 269 Å². The summed E-state index contributed by atoms with van der Waals surface area (Å²) in [5.41, 5.74) is -0.161. The van der Waals surface area contributed by atoms with E-state index in [2.05, 4.69) is 25.9 Å². The number of piperazine rings is 1. The molecule has 0 spiro atoms. The fraction of sp³-hybridized carbons (Fsp3) is 0.606. The highest BCUT2D eigenvalue weighted by atomic mass is 19.2. The van der Waals surface area contributed by atoms with Crippen molar-refractivity contribution in [2.75, 3.05) is 38.5 Å². The Morgan fingerprint density at radius 1 is 0.935 bits per heavy atom. The standard InChI is InChI=1S/C33H47F2N7O4/c1-5-26(43)38-29(33(46)41-19-17-40(4)18-20-41)21(3)23-13-14-24(28(35)27(23)34)37-32(45)30(22-11-9-7-8-10-12-22)39-31(44)25-15-16-36-42(25)6-2/h13-16,21-22,29-30H,5-12,17-20H2,1-4H3,(H,37,45)(H,38,43)(H,39,44)/t21-,29+,30-/m0/s1. The number of carbonyl (C=O) groups excluding carboxylic acids is 4. The predicted octanol–water partition coefficient (Wildman–Crippen LogP) is 3.66. The first kappa shape index (κ1) is 35.0. The second-order valence-electron chi connectivity index (χ2n) is 12.4. The number of hydrogen-bond donors (Lipinski definition) is 3. The average molecular weight is 644 g/mol. The molecule has 11 nitrogen and oxygen atoms in total. The van der Waals surface area contributed by atoms with Crippen molar-refractivity contribution < 1.29 is 28.0 Å². The number of carbonyl (C=O) groups is 4. The summed E-state index contributed by atoms with van der Waals surface area (Å²) in [6, 6.07) is 2.10. The largest absolute Gasteiger partial charge is 0.344 e. The van der Waals surface area contributed by atoms with Gasteiger partial charge in [0.15, 0.2) is 11.6 Å². The van der Waals surface area contributed by atoms with Gasteiger partial charge in [-0.2, -0.15) is 5.10 Å². The quantitative estimate of drug-likeness (QED) is 0.321. The fourth-order valence-electron chi connectivity index (χ4n) is 6.34. The smallest absolute Gasteiger partial charge is 0.270 e. The Hall–Kier alpha value is -3.87. The van der Waals surface area contributed by atoms with Gasteiger partial charge in [-0.15, -0.1) is 0 Å². The van der Waals surface area contributed by atoms with Gasteiger partial charge in [0.25, 0.3) is 5.91 Å². The van der Waals surface area contributed by atoms with Gasteiger partial charge in [-0.25, -0.2) is 8.78 Å². The van der Waals surface area contributed by atoms with E-state index in [0.29, 0.717) is 51.3 Å². The van der Waals surface area contributed by atoms with E-state index in [4.69, 9.17) is 0 Å². The van der Waals surface area contributed by atoms with Crippen LogP contribution in [0.4, 0.5) is 14.5 Å². The molecule has 1 saturated heterocycles. The maximum absolute atomic E-state index is 15.7. The van der Waals surface area contributed by atoms with Crippen LogP contribution in [-0.4, -0.2) is 88.5 Å². The van der Waals surface area contributed by atoms with E-state index in [1.165, 1.54) is 23.0 Å². The van der Waals surface area contributed by atoms with E-state index in [1.54, 1.807) is 24.8 Å². The Bertz CT molecular complexity index is 1380. The maximum Gasteiger partial charge on any atom is 0.270 e. The fourth-order valence-corrected chi connectivity index (χ4v) is 6.34. The van der Waals surface area contributed by atoms with Gasteiger partial charge in [-0.3, -0.25) is 23.9 Å². The van der Waals surface area contributed by atoms with Gasteiger partial charge in [0, 0.05) is 51.3 Å². The lowest BCUT2D eigenvalue weighted by Gasteiger charge is -2.36. The van der Waals surface area contributed by atoms with Crippen LogP contribution in [0, 0.1) is 17.6 Å². The summed E-state index contributed by atoms with van der Waals surface area (Å²) in [6.45, 7) is 7.79. The van der Waals surface area contributed by atoms with E-state index in [-0.39, 0.29) is 35.4 Å². The molecule has 0 radical (unpaired) electrons. The highest BCUT2D eigenvalue weighted by molar-refractivity contribution is 6.00. The van der Waals surface area contributed by atoms with Crippen LogP contribution in [0.3, 0.4) is 0 Å². The van der Waals surface area contributed by atoms with Crippen molar-refractivity contribution in [3.05, 3.63) is 47.3 Å². The van der Waals surface area contributed by atoms with Crippen molar-refractivity contribution in [1.29, 1.82) is 0 Å². The SMILES string of the molecule is CCC(=O)N[C@@H](C(=O)N1CCN(C)CC1)[C@@H](C)c1ccc(NC(=O)[C@@H](NC(=O)c2ccnn2CC)C2CCCCCC2)c(F)c1F. The molecule has 3 N–H and O–H groups in total. The minimum absolute atomic E-state index is 0.0965. The molecule has 0 unspecified atom stereocenters. The number of rotatable bonds is 11. The zero-order chi connectivity index (χ0) is 33.4. The zero-order valence-corrected chi connectivity index (χ0v) is 27.3. The molecular weight excluding hydrogens is 596 g/mol. The third kappa shape index (κ3) is 8.28. The summed E-state index contributed by atoms with van der Waals surface area (Å²) in [5, 5.41) is 12.2. The number of halogens is 2. The molecule has 2 aliphatic rings. The minimum Gasteiger partial charge on any atom is -0.344 e. The second-order valence-corrected chi connectivity index (χ2v) is 12.4. The summed E-state index contributed by atoms with van der Waals surface area (Å²) in [4.78, 5) is 56.5. The summed E-state index contributed by atoms with van der Waals surface area (Å²) in [7, 11) is 1.95. The Morgan fingerprint density at radius 3 is 2.24 bits per heavy atom. The summed E-state index contributed by atoms with van der Waals surface area (Å²) in [5.74, 6) is -5.41. The molecule has 1 aromatic heterocycles. The van der Waals surface area contributed by atoms with Gasteiger partial charge in [-0.05, 0) is 50.4 Å². The normalized spacial score (nSPS) is 18.3. The number of aromatic nitrogens is 2. The molecule has 4 amide bonds. The Morgan fingerprint density at radius 2 is 1.61 bits per heavy atom. The first-order valence-electron chi connectivity index (χ1n) is 16.4. The molecule has 4 rings (SSSR count). The third-order valence-electron chi connectivity index (χ3n) is 9.27. The van der Waals surface area contributed by atoms with Gasteiger partial charge in [0.05, 0.1) is 5.69 Å². The van der Waals surface area contributed by atoms with Crippen molar-refractivity contribution in [2.45, 2.75) is 90.3 Å². The van der Waals surface area contributed by atoms with Crippen LogP contribution in [0.1, 0.15) is 87.7 Å². The van der Waals surface area contributed by atoms with Crippen molar-refractivity contribution in [3.8, 4) is 0 Å². The van der Waals surface area contributed by atoms with Crippen LogP contribution < -0.4 is 16.0 Å². The zero-order valence-electron chi connectivity index (χ0n) is 27.3. The number of nitrogens with one attached hydrogen (secondary N) is 3. The molecule has 2 fully saturated rings. The lowest BCUT2D eigenvalue weighted by Crippen LogP contribution is -2.55. The highest BCUT2D eigenvalue weighted by Gasteiger charge is 2.36. The lowest BCUT2D eigenvalue weighted by molar-refractivity contribution is -0.138. The van der Waals surface area contributed by atoms with Crippen LogP contribution in [0.15, 0.2) is 24.4 Å². The number of anilines is 1. The summed E-state index contributed by atoms with van der Waals surface area (Å²) in [6.07, 6.45) is 6.91. The summed E-state index contributed by atoms with van der Waals surface area (Å²) >= 11 is 0. The Kier molecular flexibility index (Phi) is 12.3. The van der Waals surface area contributed by atoms with Crippen molar-refractivity contribution in [1.82, 2.24) is 30.2 Å². The second kappa shape index (κ2) is 16.1. The van der Waals surface area contributed by atoms with Gasteiger partial charge in [0.1, 0.15) is 17.8 Å². The molecule has 2 heterocycles. The molecule has 13 heteroatoms. The first-order valence-corrected chi connectivity index (χ1v) is 16.4. The minimum atomic E-state index is -1.28. The molecule has 1 aromatic carbocycles. The number of aryl methyl sites for hydroxylation is 1. The molecule has 252 valence electrons. The number of amides is 4. The predicted molar refractivity (Wildman–Crippen MR) is 170 cm³/mol. The average Bonchev–Trinajstić information content (AvgIpc) is 3.38. The molecule has 0 bridgehead atoms. The van der Waals surface area contributed by atoms with E-state index >= 15 is 8.78 Å². The molecule has 1 aliphatic carbocycles. The third-order valence-corrected chi connectivity index (χ3v) is 9.27. The number of likely N-dealkylation sites (N-methyl/N-ethyl adjacent to an activating group) is 1. The Balaban J connectivity index is 1.56. The summed E-state index contributed by atoms with van der Waals surface area (Å²) < 4.78 is 32.9. The first-order chi connectivity index (χ1) is 22.0. The van der Waals surface area contributed by atoms with Crippen molar-refractivity contribution in [2.24, 2.45) is 5.92 Å². The van der Waals surface area contributed by atoms with Crippen LogP contribution in [0.5, 0.6) is 0 Å². The van der Waals surface area contributed by atoms with E-state index in [1.807, 2.05) is 14.0 Å². The number of nitrogens with zero attached hydrogens (tertiary/aromatic N) is 4. The van der Waals surface area contributed by atoms with Crippen LogP contribution in [0.2, 0.25) is 0 Å². The molecular formula is C33H47F2N7O4. The van der Waals surface area contributed by atoms with Crippen molar-refractivity contribution >= 4 is 29.3 Å². The lowest BCUT2D eigenvalue weighted by atomic mass is 9.90. The molecule has 3 atom stereocenters. The van der Waals surface area contributed by atoms with Crippen molar-refractivity contribution in [3.63, 3.8) is 0 Å². The number of hydrogen-bond acceptors (Lipinski definition) is 6. The molecule has 1 aliphatic heterocycles. The number of benzene rings is 1. The highest BCUT2D eigenvalue weighted by Crippen LogP contribution is 2.31. The van der Waals surface area contributed by atoms with Gasteiger partial charge in [-0.1, -0.05) is 45.6 Å². The van der Waals surface area contributed by atoms with Gasteiger partial charge in [0.2, 0.25) is 17.7 Å². The van der Waals surface area contributed by atoms with Gasteiger partial charge < -0.3 is 25.8 Å². The monoisotopic (exact) mass is 643 g/mol. The molecule has 2 aromatic rings.